The van der Waals surface area contributed by atoms with Gasteiger partial charge in [-0.05, 0) is 37.0 Å². The molecule has 0 aromatic heterocycles. The van der Waals surface area contributed by atoms with E-state index in [0.717, 1.165) is 25.7 Å². The summed E-state index contributed by atoms with van der Waals surface area (Å²) in [7, 11) is 0. The first kappa shape index (κ1) is 13.5. The van der Waals surface area contributed by atoms with Crippen molar-refractivity contribution in [2.24, 2.45) is 11.3 Å². The standard InChI is InChI=1S/C13H23FO2/c1-4-10(2)8-13(14,11(15)16)9-12(3)6-5-7-12/h10H,4-9H2,1-3H3,(H,15,16). The lowest BCUT2D eigenvalue weighted by Gasteiger charge is -2.42. The minimum atomic E-state index is -2.02. The molecule has 16 heavy (non-hydrogen) atoms. The first-order chi connectivity index (χ1) is 7.31. The highest BCUT2D eigenvalue weighted by Crippen LogP contribution is 2.48. The van der Waals surface area contributed by atoms with Gasteiger partial charge >= 0.3 is 5.97 Å². The van der Waals surface area contributed by atoms with Gasteiger partial charge in [0.1, 0.15) is 0 Å². The average molecular weight is 230 g/mol. The van der Waals surface area contributed by atoms with Crippen LogP contribution in [0.25, 0.3) is 0 Å². The number of alkyl halides is 1. The molecule has 1 saturated carbocycles. The molecular formula is C13H23FO2. The van der Waals surface area contributed by atoms with Crippen LogP contribution in [-0.2, 0) is 4.79 Å². The summed E-state index contributed by atoms with van der Waals surface area (Å²) in [5, 5.41) is 9.08. The van der Waals surface area contributed by atoms with E-state index in [-0.39, 0.29) is 24.2 Å². The van der Waals surface area contributed by atoms with Gasteiger partial charge in [-0.3, -0.25) is 0 Å². The van der Waals surface area contributed by atoms with Crippen molar-refractivity contribution < 1.29 is 14.3 Å². The Bertz CT molecular complexity index is 261. The van der Waals surface area contributed by atoms with Crippen LogP contribution in [0.15, 0.2) is 0 Å². The molecule has 1 aliphatic carbocycles. The fourth-order valence-electron chi connectivity index (χ4n) is 2.57. The number of carbonyl (C=O) groups is 1. The highest BCUT2D eigenvalue weighted by Gasteiger charge is 2.47. The molecule has 94 valence electrons. The van der Waals surface area contributed by atoms with Gasteiger partial charge in [0.15, 0.2) is 0 Å². The van der Waals surface area contributed by atoms with Gasteiger partial charge in [0.2, 0.25) is 5.67 Å². The molecule has 0 heterocycles. The maximum atomic E-state index is 14.5. The molecule has 1 N–H and O–H groups in total. The molecule has 1 fully saturated rings. The number of rotatable bonds is 6. The second kappa shape index (κ2) is 4.72. The molecule has 0 saturated heterocycles. The lowest BCUT2D eigenvalue weighted by atomic mass is 9.64. The molecule has 0 aliphatic heterocycles. The molecular weight excluding hydrogens is 207 g/mol. The van der Waals surface area contributed by atoms with Crippen LogP contribution in [0.2, 0.25) is 0 Å². The fourth-order valence-corrected chi connectivity index (χ4v) is 2.57. The normalized spacial score (nSPS) is 24.2. The molecule has 2 atom stereocenters. The number of hydrogen-bond acceptors (Lipinski definition) is 1. The molecule has 0 spiro atoms. The molecule has 0 radical (unpaired) electrons. The zero-order valence-electron chi connectivity index (χ0n) is 10.6. The largest absolute Gasteiger partial charge is 0.479 e. The van der Waals surface area contributed by atoms with Crippen LogP contribution in [0.1, 0.15) is 59.3 Å². The second-order valence-corrected chi connectivity index (χ2v) is 5.83. The SMILES string of the molecule is CCC(C)CC(F)(CC1(C)CCC1)C(=O)O. The lowest BCUT2D eigenvalue weighted by Crippen LogP contribution is -2.43. The van der Waals surface area contributed by atoms with Crippen molar-refractivity contribution in [2.75, 3.05) is 0 Å². The summed E-state index contributed by atoms with van der Waals surface area (Å²) in [5.41, 5.74) is -2.11. The highest BCUT2D eigenvalue weighted by molar-refractivity contribution is 5.77. The number of hydrogen-bond donors (Lipinski definition) is 1. The molecule has 0 amide bonds. The van der Waals surface area contributed by atoms with Gasteiger partial charge < -0.3 is 5.11 Å². The van der Waals surface area contributed by atoms with Gasteiger partial charge in [0, 0.05) is 0 Å². The Kier molecular flexibility index (Phi) is 3.97. The highest BCUT2D eigenvalue weighted by atomic mass is 19.1. The van der Waals surface area contributed by atoms with Crippen molar-refractivity contribution >= 4 is 5.97 Å². The third-order valence-electron chi connectivity index (χ3n) is 4.02. The van der Waals surface area contributed by atoms with Crippen molar-refractivity contribution in [3.05, 3.63) is 0 Å². The lowest BCUT2D eigenvalue weighted by molar-refractivity contribution is -0.156. The van der Waals surface area contributed by atoms with E-state index in [4.69, 9.17) is 5.11 Å². The van der Waals surface area contributed by atoms with Gasteiger partial charge in [-0.2, -0.15) is 0 Å². The summed E-state index contributed by atoms with van der Waals surface area (Å²) in [5.74, 6) is -1.15. The Balaban J connectivity index is 2.68. The quantitative estimate of drug-likeness (QED) is 0.753. The Morgan fingerprint density at radius 1 is 1.56 bits per heavy atom. The first-order valence-corrected chi connectivity index (χ1v) is 6.24. The maximum Gasteiger partial charge on any atom is 0.341 e. The third-order valence-corrected chi connectivity index (χ3v) is 4.02. The Morgan fingerprint density at radius 2 is 2.12 bits per heavy atom. The van der Waals surface area contributed by atoms with Gasteiger partial charge in [0.25, 0.3) is 0 Å². The fraction of sp³-hybridized carbons (Fsp3) is 0.923. The number of aliphatic carboxylic acids is 1. The number of carboxylic acid groups (broad SMARTS) is 1. The van der Waals surface area contributed by atoms with E-state index in [9.17, 15) is 9.18 Å². The third kappa shape index (κ3) is 2.96. The summed E-state index contributed by atoms with van der Waals surface area (Å²) >= 11 is 0. The number of halogens is 1. The van der Waals surface area contributed by atoms with Crippen LogP contribution in [0.3, 0.4) is 0 Å². The number of carboxylic acids is 1. The molecule has 1 rings (SSSR count). The van der Waals surface area contributed by atoms with E-state index in [1.165, 1.54) is 0 Å². The van der Waals surface area contributed by atoms with E-state index in [2.05, 4.69) is 0 Å². The van der Waals surface area contributed by atoms with Gasteiger partial charge in [0.05, 0.1) is 0 Å². The van der Waals surface area contributed by atoms with E-state index < -0.39 is 11.6 Å². The Hall–Kier alpha value is -0.600. The predicted molar refractivity (Wildman–Crippen MR) is 62.1 cm³/mol. The minimum absolute atomic E-state index is 0.0827. The predicted octanol–water partition coefficient (Wildman–Crippen LogP) is 3.80. The van der Waals surface area contributed by atoms with Crippen molar-refractivity contribution in [2.45, 2.75) is 65.0 Å². The molecule has 2 unspecified atom stereocenters. The van der Waals surface area contributed by atoms with Crippen molar-refractivity contribution in [1.82, 2.24) is 0 Å². The summed E-state index contributed by atoms with van der Waals surface area (Å²) in [6.07, 6.45) is 4.19. The Labute approximate surface area is 97.2 Å². The smallest absolute Gasteiger partial charge is 0.341 e. The summed E-state index contributed by atoms with van der Waals surface area (Å²) in [6, 6.07) is 0. The zero-order chi connectivity index (χ0) is 12.4. The molecule has 0 aromatic rings. The van der Waals surface area contributed by atoms with Gasteiger partial charge in [-0.1, -0.05) is 33.6 Å². The van der Waals surface area contributed by atoms with E-state index >= 15 is 0 Å². The molecule has 2 nitrogen and oxygen atoms in total. The van der Waals surface area contributed by atoms with Crippen LogP contribution in [0.4, 0.5) is 4.39 Å². The Morgan fingerprint density at radius 3 is 2.44 bits per heavy atom. The maximum absolute atomic E-state index is 14.5. The molecule has 0 bridgehead atoms. The van der Waals surface area contributed by atoms with E-state index in [1.807, 2.05) is 20.8 Å². The topological polar surface area (TPSA) is 37.3 Å². The molecule has 3 heteroatoms. The van der Waals surface area contributed by atoms with E-state index in [0.29, 0.717) is 0 Å². The summed E-state index contributed by atoms with van der Waals surface area (Å²) in [6.45, 7) is 5.89. The summed E-state index contributed by atoms with van der Waals surface area (Å²) in [4.78, 5) is 11.1. The molecule has 1 aliphatic rings. The van der Waals surface area contributed by atoms with Crippen LogP contribution in [-0.4, -0.2) is 16.7 Å². The van der Waals surface area contributed by atoms with Crippen LogP contribution in [0, 0.1) is 11.3 Å². The van der Waals surface area contributed by atoms with Gasteiger partial charge in [-0.25, -0.2) is 9.18 Å². The average Bonchev–Trinajstić information content (AvgIpc) is 2.14. The van der Waals surface area contributed by atoms with E-state index in [1.54, 1.807) is 0 Å². The summed E-state index contributed by atoms with van der Waals surface area (Å²) < 4.78 is 14.5. The second-order valence-electron chi connectivity index (χ2n) is 5.83. The van der Waals surface area contributed by atoms with Crippen LogP contribution >= 0.6 is 0 Å². The zero-order valence-corrected chi connectivity index (χ0v) is 10.6. The van der Waals surface area contributed by atoms with Crippen LogP contribution < -0.4 is 0 Å². The van der Waals surface area contributed by atoms with Gasteiger partial charge in [-0.15, -0.1) is 0 Å². The van der Waals surface area contributed by atoms with Crippen molar-refractivity contribution in [3.63, 3.8) is 0 Å². The minimum Gasteiger partial charge on any atom is -0.479 e. The first-order valence-electron chi connectivity index (χ1n) is 6.24. The monoisotopic (exact) mass is 230 g/mol. The van der Waals surface area contributed by atoms with Crippen molar-refractivity contribution in [1.29, 1.82) is 0 Å². The van der Waals surface area contributed by atoms with Crippen LogP contribution in [0.5, 0.6) is 0 Å². The molecule has 0 aromatic carbocycles. The van der Waals surface area contributed by atoms with Crippen molar-refractivity contribution in [3.8, 4) is 0 Å².